The van der Waals surface area contributed by atoms with E-state index in [0.29, 0.717) is 29.1 Å². The van der Waals surface area contributed by atoms with Gasteiger partial charge in [-0.25, -0.2) is 9.78 Å². The summed E-state index contributed by atoms with van der Waals surface area (Å²) in [6, 6.07) is 10.4. The van der Waals surface area contributed by atoms with Gasteiger partial charge in [-0.05, 0) is 38.1 Å². The summed E-state index contributed by atoms with van der Waals surface area (Å²) in [5, 5.41) is 4.13. The lowest BCUT2D eigenvalue weighted by molar-refractivity contribution is 0.0947. The van der Waals surface area contributed by atoms with Crippen LogP contribution in [0.5, 0.6) is 5.75 Å². The minimum Gasteiger partial charge on any atom is -0.490 e. The largest absolute Gasteiger partial charge is 0.490 e. The van der Waals surface area contributed by atoms with E-state index in [1.54, 1.807) is 30.5 Å². The fourth-order valence-electron chi connectivity index (χ4n) is 2.90. The Labute approximate surface area is 169 Å². The number of hydrogen-bond donors (Lipinski definition) is 1. The van der Waals surface area contributed by atoms with Crippen molar-refractivity contribution in [1.82, 2.24) is 10.3 Å². The molecule has 1 aromatic carbocycles. The van der Waals surface area contributed by atoms with E-state index in [4.69, 9.17) is 13.6 Å². The maximum absolute atomic E-state index is 12.6. The van der Waals surface area contributed by atoms with Crippen LogP contribution in [0.15, 0.2) is 56.3 Å². The fourth-order valence-corrected chi connectivity index (χ4v) is 3.87. The molecule has 0 atom stereocenters. The number of carbonyl (C=O) groups excluding carboxylic acids is 1. The quantitative estimate of drug-likeness (QED) is 0.480. The van der Waals surface area contributed by atoms with Gasteiger partial charge in [-0.3, -0.25) is 4.79 Å². The Morgan fingerprint density at radius 1 is 1.28 bits per heavy atom. The van der Waals surface area contributed by atoms with E-state index in [1.165, 1.54) is 17.4 Å². The Morgan fingerprint density at radius 3 is 2.90 bits per heavy atom. The second-order valence-corrected chi connectivity index (χ2v) is 7.33. The van der Waals surface area contributed by atoms with Gasteiger partial charge in [0, 0.05) is 10.3 Å². The van der Waals surface area contributed by atoms with Crippen LogP contribution in [0.3, 0.4) is 0 Å². The minimum absolute atomic E-state index is 0.0559. The van der Waals surface area contributed by atoms with Crippen molar-refractivity contribution >= 4 is 28.2 Å². The molecule has 29 heavy (non-hydrogen) atoms. The van der Waals surface area contributed by atoms with Gasteiger partial charge in [0.1, 0.15) is 5.56 Å². The zero-order chi connectivity index (χ0) is 20.4. The molecule has 4 rings (SSSR count). The molecule has 0 radical (unpaired) electrons. The number of rotatable bonds is 6. The zero-order valence-corrected chi connectivity index (χ0v) is 16.7. The van der Waals surface area contributed by atoms with Crippen molar-refractivity contribution in [2.75, 3.05) is 6.61 Å². The highest BCUT2D eigenvalue weighted by atomic mass is 32.1. The molecule has 3 aromatic heterocycles. The molecule has 0 unspecified atom stereocenters. The van der Waals surface area contributed by atoms with E-state index in [0.717, 1.165) is 15.6 Å². The van der Waals surface area contributed by atoms with Gasteiger partial charge in [0.15, 0.2) is 22.1 Å². The molecular weight excluding hydrogens is 392 g/mol. The molecule has 1 N–H and O–H groups in total. The molecule has 4 aromatic rings. The van der Waals surface area contributed by atoms with Gasteiger partial charge in [-0.15, -0.1) is 11.3 Å². The summed E-state index contributed by atoms with van der Waals surface area (Å²) in [6.07, 6.45) is 1.59. The predicted octanol–water partition coefficient (Wildman–Crippen LogP) is 4.15. The monoisotopic (exact) mass is 410 g/mol. The van der Waals surface area contributed by atoms with Crippen LogP contribution in [0.1, 0.15) is 27.9 Å². The number of nitrogens with one attached hydrogen (secondary N) is 1. The van der Waals surface area contributed by atoms with Crippen LogP contribution in [-0.2, 0) is 6.54 Å². The highest BCUT2D eigenvalue weighted by Crippen LogP contribution is 2.28. The molecule has 8 heteroatoms. The van der Waals surface area contributed by atoms with Gasteiger partial charge in [-0.1, -0.05) is 12.1 Å². The number of nitrogens with zero attached hydrogens (tertiary/aromatic N) is 1. The van der Waals surface area contributed by atoms with Crippen molar-refractivity contribution in [3.05, 3.63) is 69.2 Å². The van der Waals surface area contributed by atoms with E-state index >= 15 is 0 Å². The molecule has 0 saturated carbocycles. The summed E-state index contributed by atoms with van der Waals surface area (Å²) in [7, 11) is 0. The highest BCUT2D eigenvalue weighted by molar-refractivity contribution is 7.15. The molecule has 3 heterocycles. The van der Waals surface area contributed by atoms with Gasteiger partial charge in [-0.2, -0.15) is 0 Å². The Morgan fingerprint density at radius 2 is 2.14 bits per heavy atom. The second-order valence-electron chi connectivity index (χ2n) is 6.24. The maximum Gasteiger partial charge on any atom is 0.349 e. The van der Waals surface area contributed by atoms with Crippen LogP contribution < -0.4 is 15.7 Å². The van der Waals surface area contributed by atoms with Crippen LogP contribution in [-0.4, -0.2) is 17.5 Å². The maximum atomic E-state index is 12.6. The molecule has 0 aliphatic carbocycles. The van der Waals surface area contributed by atoms with Crippen LogP contribution in [0.2, 0.25) is 0 Å². The Kier molecular flexibility index (Phi) is 5.18. The third kappa shape index (κ3) is 3.79. The minimum atomic E-state index is -0.709. The van der Waals surface area contributed by atoms with Crippen molar-refractivity contribution in [2.24, 2.45) is 0 Å². The molecule has 0 aliphatic heterocycles. The number of aromatic nitrogens is 1. The van der Waals surface area contributed by atoms with Crippen molar-refractivity contribution in [2.45, 2.75) is 20.4 Å². The molecule has 148 valence electrons. The number of hydrogen-bond acceptors (Lipinski definition) is 7. The predicted molar refractivity (Wildman–Crippen MR) is 109 cm³/mol. The van der Waals surface area contributed by atoms with Gasteiger partial charge >= 0.3 is 5.63 Å². The number of benzene rings is 1. The van der Waals surface area contributed by atoms with Gasteiger partial charge in [0.2, 0.25) is 0 Å². The topological polar surface area (TPSA) is 94.6 Å². The number of para-hydroxylation sites is 1. The first kappa shape index (κ1) is 18.9. The van der Waals surface area contributed by atoms with Crippen molar-refractivity contribution in [3.63, 3.8) is 0 Å². The molecule has 0 saturated heterocycles. The molecule has 7 nitrogen and oxygen atoms in total. The molecule has 1 amide bonds. The van der Waals surface area contributed by atoms with Crippen molar-refractivity contribution in [3.8, 4) is 16.5 Å². The Hall–Kier alpha value is -3.39. The lowest BCUT2D eigenvalue weighted by atomic mass is 10.1. The van der Waals surface area contributed by atoms with E-state index in [1.807, 2.05) is 19.9 Å². The normalized spacial score (nSPS) is 11.0. The highest BCUT2D eigenvalue weighted by Gasteiger charge is 2.17. The van der Waals surface area contributed by atoms with Gasteiger partial charge in [0.25, 0.3) is 5.91 Å². The smallest absolute Gasteiger partial charge is 0.349 e. The first-order chi connectivity index (χ1) is 14.1. The number of fused-ring (bicyclic) bond motifs is 1. The van der Waals surface area contributed by atoms with E-state index < -0.39 is 11.5 Å². The summed E-state index contributed by atoms with van der Waals surface area (Å²) >= 11 is 1.43. The van der Waals surface area contributed by atoms with Crippen LogP contribution in [0.4, 0.5) is 0 Å². The van der Waals surface area contributed by atoms with Crippen LogP contribution in [0, 0.1) is 6.92 Å². The standard InChI is InChI=1S/C21H18N2O5S/c1-3-26-15-7-4-6-13-10-14(21(25)28-18(13)15)19(24)22-11-17-12(2)23-20(29-17)16-8-5-9-27-16/h4-10H,3,11H2,1-2H3,(H,22,24). The number of furan rings is 1. The number of amides is 1. The summed E-state index contributed by atoms with van der Waals surface area (Å²) in [4.78, 5) is 30.3. The summed E-state index contributed by atoms with van der Waals surface area (Å²) in [6.45, 7) is 4.40. The Bertz CT molecular complexity index is 1220. The SMILES string of the molecule is CCOc1cccc2cc(C(=O)NCc3sc(-c4ccco4)nc3C)c(=O)oc12. The number of thiazole rings is 1. The second kappa shape index (κ2) is 7.92. The van der Waals surface area contributed by atoms with Gasteiger partial charge in [0.05, 0.1) is 25.1 Å². The lowest BCUT2D eigenvalue weighted by Gasteiger charge is -2.07. The molecule has 0 fully saturated rings. The van der Waals surface area contributed by atoms with E-state index in [2.05, 4.69) is 10.3 Å². The van der Waals surface area contributed by atoms with Crippen molar-refractivity contribution in [1.29, 1.82) is 0 Å². The summed E-state index contributed by atoms with van der Waals surface area (Å²) in [5.74, 6) is 0.644. The molecular formula is C21H18N2O5S. The average molecular weight is 410 g/mol. The summed E-state index contributed by atoms with van der Waals surface area (Å²) in [5.41, 5.74) is 0.366. The van der Waals surface area contributed by atoms with E-state index in [9.17, 15) is 9.59 Å². The number of ether oxygens (including phenoxy) is 1. The lowest BCUT2D eigenvalue weighted by Crippen LogP contribution is -2.27. The molecule has 0 bridgehead atoms. The third-order valence-corrected chi connectivity index (χ3v) is 5.47. The van der Waals surface area contributed by atoms with Crippen molar-refractivity contribution < 1.29 is 18.4 Å². The van der Waals surface area contributed by atoms with Gasteiger partial charge < -0.3 is 18.9 Å². The third-order valence-electron chi connectivity index (χ3n) is 4.30. The fraction of sp³-hybridized carbons (Fsp3) is 0.190. The zero-order valence-electron chi connectivity index (χ0n) is 15.9. The Balaban J connectivity index is 1.55. The number of aryl methyl sites for hydroxylation is 1. The summed E-state index contributed by atoms with van der Waals surface area (Å²) < 4.78 is 16.2. The number of carbonyl (C=O) groups is 1. The molecule has 0 spiro atoms. The van der Waals surface area contributed by atoms with E-state index in [-0.39, 0.29) is 12.1 Å². The first-order valence-electron chi connectivity index (χ1n) is 9.05. The first-order valence-corrected chi connectivity index (χ1v) is 9.86. The average Bonchev–Trinajstić information content (AvgIpc) is 3.36. The van der Waals surface area contributed by atoms with Crippen LogP contribution in [0.25, 0.3) is 21.7 Å². The van der Waals surface area contributed by atoms with Crippen LogP contribution >= 0.6 is 11.3 Å². The molecule has 0 aliphatic rings.